The number of anilines is 1. The highest BCUT2D eigenvalue weighted by Crippen LogP contribution is 2.14. The number of hydrogen-bond donors (Lipinski definition) is 0. The second-order valence-electron chi connectivity index (χ2n) is 4.37. The average Bonchev–Trinajstić information content (AvgIpc) is 2.50. The van der Waals surface area contributed by atoms with Crippen molar-refractivity contribution in [2.75, 3.05) is 37.7 Å². The van der Waals surface area contributed by atoms with Gasteiger partial charge >= 0.3 is 6.09 Å². The van der Waals surface area contributed by atoms with Crippen molar-refractivity contribution in [3.05, 3.63) is 23.9 Å². The van der Waals surface area contributed by atoms with Gasteiger partial charge in [-0.2, -0.15) is 0 Å². The van der Waals surface area contributed by atoms with Crippen LogP contribution in [-0.2, 0) is 4.74 Å². The van der Waals surface area contributed by atoms with Gasteiger partial charge in [-0.3, -0.25) is 0 Å². The van der Waals surface area contributed by atoms with Crippen LogP contribution in [0.15, 0.2) is 18.3 Å². The molecule has 0 bridgehead atoms. The number of carbonyl (C=O) groups is 1. The third-order valence-electron chi connectivity index (χ3n) is 3.03. The van der Waals surface area contributed by atoms with Crippen molar-refractivity contribution in [2.24, 2.45) is 0 Å². The minimum atomic E-state index is -0.214. The number of ether oxygens (including phenoxy) is 1. The fraction of sp³-hybridized carbons (Fsp3) is 0.600. The van der Waals surface area contributed by atoms with Gasteiger partial charge in [0.05, 0.1) is 6.61 Å². The lowest BCUT2D eigenvalue weighted by atomic mass is 10.3. The molecule has 1 aromatic rings. The summed E-state index contributed by atoms with van der Waals surface area (Å²) in [5.74, 6) is 0.976. The van der Waals surface area contributed by atoms with Gasteiger partial charge in [-0.05, 0) is 25.5 Å². The van der Waals surface area contributed by atoms with Gasteiger partial charge in [0.1, 0.15) is 5.82 Å². The molecule has 1 aliphatic heterocycles. The number of aromatic nitrogens is 1. The first-order chi connectivity index (χ1) is 9.70. The molecule has 1 fully saturated rings. The van der Waals surface area contributed by atoms with E-state index in [1.807, 2.05) is 40.0 Å². The summed E-state index contributed by atoms with van der Waals surface area (Å²) in [6, 6.07) is 4.08. The molecule has 5 heteroatoms. The van der Waals surface area contributed by atoms with Gasteiger partial charge in [0, 0.05) is 32.4 Å². The Morgan fingerprint density at radius 1 is 1.25 bits per heavy atom. The Bertz CT molecular complexity index is 398. The fourth-order valence-corrected chi connectivity index (χ4v) is 1.98. The Hall–Kier alpha value is -1.78. The second kappa shape index (κ2) is 8.40. The van der Waals surface area contributed by atoms with Gasteiger partial charge < -0.3 is 14.5 Å². The van der Waals surface area contributed by atoms with Crippen LogP contribution < -0.4 is 4.90 Å². The molecule has 1 amide bonds. The first kappa shape index (κ1) is 16.3. The first-order valence-electron chi connectivity index (χ1n) is 7.30. The summed E-state index contributed by atoms with van der Waals surface area (Å²) in [6.45, 7) is 11.3. The molecule has 112 valence electrons. The number of nitrogens with zero attached hydrogens (tertiary/aromatic N) is 3. The fourth-order valence-electron chi connectivity index (χ4n) is 1.98. The maximum Gasteiger partial charge on any atom is 0.409 e. The van der Waals surface area contributed by atoms with E-state index >= 15 is 0 Å². The Morgan fingerprint density at radius 2 is 1.90 bits per heavy atom. The normalized spacial score (nSPS) is 14.4. The maximum atomic E-state index is 11.6. The van der Waals surface area contributed by atoms with Gasteiger partial charge in [0.15, 0.2) is 0 Å². The topological polar surface area (TPSA) is 45.7 Å². The smallest absolute Gasteiger partial charge is 0.409 e. The molecule has 2 heterocycles. The number of amides is 1. The van der Waals surface area contributed by atoms with Crippen molar-refractivity contribution in [1.29, 1.82) is 0 Å². The van der Waals surface area contributed by atoms with E-state index in [4.69, 9.17) is 4.74 Å². The number of carbonyl (C=O) groups excluding carboxylic acids is 1. The summed E-state index contributed by atoms with van der Waals surface area (Å²) in [5.41, 5.74) is 1.16. The van der Waals surface area contributed by atoms with E-state index in [0.29, 0.717) is 19.7 Å². The molecule has 5 nitrogen and oxygen atoms in total. The largest absolute Gasteiger partial charge is 0.450 e. The van der Waals surface area contributed by atoms with Crippen molar-refractivity contribution >= 4 is 11.9 Å². The van der Waals surface area contributed by atoms with Crippen molar-refractivity contribution in [1.82, 2.24) is 9.88 Å². The highest BCUT2D eigenvalue weighted by atomic mass is 16.6. The summed E-state index contributed by atoms with van der Waals surface area (Å²) in [6.07, 6.45) is 1.65. The lowest BCUT2D eigenvalue weighted by Crippen LogP contribution is -2.49. The molecule has 0 radical (unpaired) electrons. The molecule has 1 aliphatic rings. The Kier molecular flexibility index (Phi) is 6.84. The van der Waals surface area contributed by atoms with Crippen LogP contribution in [0, 0.1) is 6.92 Å². The zero-order chi connectivity index (χ0) is 15.0. The van der Waals surface area contributed by atoms with E-state index < -0.39 is 0 Å². The van der Waals surface area contributed by atoms with Gasteiger partial charge in [-0.25, -0.2) is 9.78 Å². The Balaban J connectivity index is 0.000000956. The van der Waals surface area contributed by atoms with Gasteiger partial charge in [-0.15, -0.1) is 0 Å². The van der Waals surface area contributed by atoms with Gasteiger partial charge in [-0.1, -0.05) is 19.9 Å². The highest BCUT2D eigenvalue weighted by Gasteiger charge is 2.22. The molecule has 2 rings (SSSR count). The van der Waals surface area contributed by atoms with Crippen LogP contribution in [0.5, 0.6) is 0 Å². The molecule has 1 aromatic heterocycles. The van der Waals surface area contributed by atoms with Crippen molar-refractivity contribution < 1.29 is 9.53 Å². The van der Waals surface area contributed by atoms with Gasteiger partial charge in [0.2, 0.25) is 0 Å². The van der Waals surface area contributed by atoms with E-state index in [1.54, 1.807) is 4.90 Å². The minimum absolute atomic E-state index is 0.214. The molecule has 0 aromatic carbocycles. The molecule has 0 atom stereocenters. The van der Waals surface area contributed by atoms with Crippen LogP contribution in [0.4, 0.5) is 10.6 Å². The molecule has 1 saturated heterocycles. The molecular weight excluding hydrogens is 254 g/mol. The zero-order valence-corrected chi connectivity index (χ0v) is 12.9. The van der Waals surface area contributed by atoms with E-state index in [9.17, 15) is 4.79 Å². The van der Waals surface area contributed by atoms with Crippen LogP contribution in [0.25, 0.3) is 0 Å². The van der Waals surface area contributed by atoms with E-state index in [2.05, 4.69) is 16.0 Å². The molecule has 0 aliphatic carbocycles. The molecular formula is C15H25N3O2. The molecule has 0 N–H and O–H groups in total. The van der Waals surface area contributed by atoms with Crippen LogP contribution in [-0.4, -0.2) is 48.8 Å². The highest BCUT2D eigenvalue weighted by molar-refractivity contribution is 5.68. The number of piperazine rings is 1. The minimum Gasteiger partial charge on any atom is -0.450 e. The van der Waals surface area contributed by atoms with Gasteiger partial charge in [0.25, 0.3) is 0 Å². The van der Waals surface area contributed by atoms with Crippen molar-refractivity contribution in [2.45, 2.75) is 27.7 Å². The SMILES string of the molecule is CC.CCOC(=O)N1CCN(c2ccc(C)cn2)CC1. The molecule has 0 spiro atoms. The third kappa shape index (κ3) is 4.40. The average molecular weight is 279 g/mol. The number of hydrogen-bond acceptors (Lipinski definition) is 4. The summed E-state index contributed by atoms with van der Waals surface area (Å²) >= 11 is 0. The number of pyridine rings is 1. The first-order valence-corrected chi connectivity index (χ1v) is 7.30. The Morgan fingerprint density at radius 3 is 2.40 bits per heavy atom. The lowest BCUT2D eigenvalue weighted by Gasteiger charge is -2.34. The van der Waals surface area contributed by atoms with Crippen LogP contribution >= 0.6 is 0 Å². The third-order valence-corrected chi connectivity index (χ3v) is 3.03. The summed E-state index contributed by atoms with van der Waals surface area (Å²) < 4.78 is 4.99. The summed E-state index contributed by atoms with van der Waals surface area (Å²) in [4.78, 5) is 19.9. The van der Waals surface area contributed by atoms with E-state index in [-0.39, 0.29) is 6.09 Å². The van der Waals surface area contributed by atoms with Crippen LogP contribution in [0.1, 0.15) is 26.3 Å². The van der Waals surface area contributed by atoms with E-state index in [0.717, 1.165) is 24.5 Å². The predicted molar refractivity (Wildman–Crippen MR) is 81.1 cm³/mol. The zero-order valence-electron chi connectivity index (χ0n) is 12.9. The molecule has 20 heavy (non-hydrogen) atoms. The Labute approximate surface area is 121 Å². The quantitative estimate of drug-likeness (QED) is 0.835. The number of rotatable bonds is 2. The molecule has 0 unspecified atom stereocenters. The van der Waals surface area contributed by atoms with Crippen LogP contribution in [0.2, 0.25) is 0 Å². The second-order valence-corrected chi connectivity index (χ2v) is 4.37. The predicted octanol–water partition coefficient (Wildman–Crippen LogP) is 2.69. The van der Waals surface area contributed by atoms with Crippen molar-refractivity contribution in [3.8, 4) is 0 Å². The standard InChI is InChI=1S/C13H19N3O2.C2H6/c1-3-18-13(17)16-8-6-15(7-9-16)12-5-4-11(2)10-14-12;1-2/h4-5,10H,3,6-9H2,1-2H3;1-2H3. The van der Waals surface area contributed by atoms with Crippen LogP contribution in [0.3, 0.4) is 0 Å². The summed E-state index contributed by atoms with van der Waals surface area (Å²) in [5, 5.41) is 0. The summed E-state index contributed by atoms with van der Waals surface area (Å²) in [7, 11) is 0. The monoisotopic (exact) mass is 279 g/mol. The maximum absolute atomic E-state index is 11.6. The number of aryl methyl sites for hydroxylation is 1. The lowest BCUT2D eigenvalue weighted by molar-refractivity contribution is 0.105. The van der Waals surface area contributed by atoms with E-state index in [1.165, 1.54) is 0 Å². The molecule has 0 saturated carbocycles. The van der Waals surface area contributed by atoms with Crippen molar-refractivity contribution in [3.63, 3.8) is 0 Å².